The van der Waals surface area contributed by atoms with E-state index in [0.717, 1.165) is 29.3 Å². The molecule has 1 aromatic heterocycles. The highest BCUT2D eigenvalue weighted by Crippen LogP contribution is 2.70. The Bertz CT molecular complexity index is 1290. The van der Waals surface area contributed by atoms with Gasteiger partial charge in [-0.3, -0.25) is 0 Å². The number of furan rings is 1. The lowest BCUT2D eigenvalue weighted by molar-refractivity contribution is -0.0396. The fraction of sp³-hybridized carbons (Fsp3) is 0.357. The van der Waals surface area contributed by atoms with E-state index in [9.17, 15) is 0 Å². The maximum absolute atomic E-state index is 6.66. The van der Waals surface area contributed by atoms with Crippen LogP contribution in [-0.2, 0) is 5.41 Å². The molecule has 1 nitrogen and oxygen atoms in total. The topological polar surface area (TPSA) is 13.1 Å². The molecule has 3 aromatic carbocycles. The molecule has 1 heteroatoms. The molecule has 0 radical (unpaired) electrons. The van der Waals surface area contributed by atoms with Crippen molar-refractivity contribution in [3.05, 3.63) is 71.8 Å². The molecular weight excluding hydrogens is 352 g/mol. The fourth-order valence-electron chi connectivity index (χ4n) is 8.41. The van der Waals surface area contributed by atoms with Crippen molar-refractivity contribution >= 4 is 21.9 Å². The van der Waals surface area contributed by atoms with Crippen molar-refractivity contribution in [1.29, 1.82) is 0 Å². The van der Waals surface area contributed by atoms with Gasteiger partial charge in [0.05, 0.1) is 0 Å². The van der Waals surface area contributed by atoms with Crippen molar-refractivity contribution in [1.82, 2.24) is 0 Å². The zero-order valence-electron chi connectivity index (χ0n) is 16.5. The predicted octanol–water partition coefficient (Wildman–Crippen LogP) is 7.31. The molecule has 4 saturated carbocycles. The van der Waals surface area contributed by atoms with Gasteiger partial charge in [-0.1, -0.05) is 48.5 Å². The number of benzene rings is 3. The lowest BCUT2D eigenvalue weighted by atomic mass is 9.43. The lowest BCUT2D eigenvalue weighted by Gasteiger charge is -2.61. The minimum Gasteiger partial charge on any atom is -0.456 e. The van der Waals surface area contributed by atoms with Gasteiger partial charge in [0.2, 0.25) is 0 Å². The van der Waals surface area contributed by atoms with Crippen molar-refractivity contribution in [2.24, 2.45) is 23.7 Å². The van der Waals surface area contributed by atoms with Crippen LogP contribution >= 0.6 is 0 Å². The summed E-state index contributed by atoms with van der Waals surface area (Å²) in [5.41, 5.74) is 8.44. The standard InChI is InChI=1S/C28H24O/c1-3-7-24-20(5-1)22-9-10-23-21-6-2-4-8-25(21)29-27(23)26(22)28(24)18-12-16-11-17(14-18)15-19(28)13-16/h1-10,16-19H,11-15H2. The van der Waals surface area contributed by atoms with E-state index in [4.69, 9.17) is 4.42 Å². The van der Waals surface area contributed by atoms with Gasteiger partial charge in [-0.2, -0.15) is 0 Å². The molecule has 4 aromatic rings. The Labute approximate surface area is 170 Å². The molecule has 0 saturated heterocycles. The van der Waals surface area contributed by atoms with E-state index in [-0.39, 0.29) is 5.41 Å². The Hall–Kier alpha value is -2.54. The summed E-state index contributed by atoms with van der Waals surface area (Å²) >= 11 is 0. The highest BCUT2D eigenvalue weighted by Gasteiger charge is 2.62. The molecule has 4 bridgehead atoms. The van der Waals surface area contributed by atoms with Crippen LogP contribution in [0.3, 0.4) is 0 Å². The Balaban J connectivity index is 1.54. The van der Waals surface area contributed by atoms with Crippen LogP contribution in [0.1, 0.15) is 43.2 Å². The monoisotopic (exact) mass is 376 g/mol. The first-order chi connectivity index (χ1) is 14.3. The molecule has 29 heavy (non-hydrogen) atoms. The Kier molecular flexibility index (Phi) is 2.62. The van der Waals surface area contributed by atoms with Gasteiger partial charge in [-0.05, 0) is 84.6 Å². The van der Waals surface area contributed by atoms with Crippen molar-refractivity contribution in [3.8, 4) is 11.1 Å². The van der Waals surface area contributed by atoms with Crippen LogP contribution in [0, 0.1) is 23.7 Å². The van der Waals surface area contributed by atoms with E-state index >= 15 is 0 Å². The van der Waals surface area contributed by atoms with Gasteiger partial charge in [-0.15, -0.1) is 0 Å². The minimum absolute atomic E-state index is 0.173. The molecule has 9 rings (SSSR count). The molecule has 5 aliphatic carbocycles. The second kappa shape index (κ2) is 4.95. The smallest absolute Gasteiger partial charge is 0.140 e. The largest absolute Gasteiger partial charge is 0.456 e. The molecule has 4 fully saturated rings. The maximum Gasteiger partial charge on any atom is 0.140 e. The van der Waals surface area contributed by atoms with Crippen molar-refractivity contribution < 1.29 is 4.42 Å². The van der Waals surface area contributed by atoms with Gasteiger partial charge in [0.25, 0.3) is 0 Å². The number of hydrogen-bond donors (Lipinski definition) is 0. The maximum atomic E-state index is 6.66. The van der Waals surface area contributed by atoms with Crippen LogP contribution in [0.15, 0.2) is 65.1 Å². The predicted molar refractivity (Wildman–Crippen MR) is 117 cm³/mol. The number of para-hydroxylation sites is 1. The van der Waals surface area contributed by atoms with E-state index in [0.29, 0.717) is 0 Å². The second-order valence-corrected chi connectivity index (χ2v) is 10.2. The zero-order chi connectivity index (χ0) is 18.7. The first-order valence-corrected chi connectivity index (χ1v) is 11.4. The average molecular weight is 376 g/mol. The minimum atomic E-state index is 0.173. The summed E-state index contributed by atoms with van der Waals surface area (Å²) in [7, 11) is 0. The average Bonchev–Trinajstić information content (AvgIpc) is 3.26. The van der Waals surface area contributed by atoms with Gasteiger partial charge in [0.15, 0.2) is 0 Å². The van der Waals surface area contributed by atoms with Crippen molar-refractivity contribution in [2.75, 3.05) is 0 Å². The summed E-state index contributed by atoms with van der Waals surface area (Å²) in [6.07, 6.45) is 7.15. The number of fused-ring (bicyclic) bond motifs is 7. The van der Waals surface area contributed by atoms with Crippen LogP contribution in [0.2, 0.25) is 0 Å². The Morgan fingerprint density at radius 1 is 0.655 bits per heavy atom. The molecule has 0 N–H and O–H groups in total. The molecule has 0 aliphatic heterocycles. The normalized spacial score (nSPS) is 33.7. The highest BCUT2D eigenvalue weighted by molar-refractivity contribution is 6.09. The van der Waals surface area contributed by atoms with Crippen LogP contribution < -0.4 is 0 Å². The third kappa shape index (κ3) is 1.64. The summed E-state index contributed by atoms with van der Waals surface area (Å²) in [4.78, 5) is 0. The quantitative estimate of drug-likeness (QED) is 0.314. The molecule has 5 aliphatic rings. The number of rotatable bonds is 0. The molecule has 1 heterocycles. The number of hydrogen-bond acceptors (Lipinski definition) is 1. The van der Waals surface area contributed by atoms with Crippen molar-refractivity contribution in [2.45, 2.75) is 37.5 Å². The van der Waals surface area contributed by atoms with E-state index in [1.807, 2.05) is 0 Å². The van der Waals surface area contributed by atoms with Crippen LogP contribution in [0.4, 0.5) is 0 Å². The van der Waals surface area contributed by atoms with Crippen LogP contribution in [-0.4, -0.2) is 0 Å². The van der Waals surface area contributed by atoms with Gasteiger partial charge in [-0.25, -0.2) is 0 Å². The zero-order valence-corrected chi connectivity index (χ0v) is 16.5. The first kappa shape index (κ1) is 15.3. The van der Waals surface area contributed by atoms with E-state index in [2.05, 4.69) is 60.7 Å². The van der Waals surface area contributed by atoms with E-state index < -0.39 is 0 Å². The van der Waals surface area contributed by atoms with Crippen LogP contribution in [0.25, 0.3) is 33.1 Å². The van der Waals surface area contributed by atoms with Crippen LogP contribution in [0.5, 0.6) is 0 Å². The molecule has 142 valence electrons. The van der Waals surface area contributed by atoms with Crippen molar-refractivity contribution in [3.63, 3.8) is 0 Å². The van der Waals surface area contributed by atoms with Gasteiger partial charge in [0, 0.05) is 21.8 Å². The van der Waals surface area contributed by atoms with Gasteiger partial charge >= 0.3 is 0 Å². The first-order valence-electron chi connectivity index (χ1n) is 11.4. The third-order valence-corrected chi connectivity index (χ3v) is 9.05. The third-order valence-electron chi connectivity index (χ3n) is 9.05. The molecule has 1 spiro atoms. The summed E-state index contributed by atoms with van der Waals surface area (Å²) in [5, 5.41) is 2.57. The summed E-state index contributed by atoms with van der Waals surface area (Å²) in [6.45, 7) is 0. The summed E-state index contributed by atoms with van der Waals surface area (Å²) < 4.78 is 6.66. The fourth-order valence-corrected chi connectivity index (χ4v) is 8.41. The molecule has 0 atom stereocenters. The molecule has 0 amide bonds. The lowest BCUT2D eigenvalue weighted by Crippen LogP contribution is -2.55. The Morgan fingerprint density at radius 2 is 1.38 bits per heavy atom. The summed E-state index contributed by atoms with van der Waals surface area (Å²) in [5.74, 6) is 3.49. The van der Waals surface area contributed by atoms with Gasteiger partial charge < -0.3 is 4.42 Å². The summed E-state index contributed by atoms with van der Waals surface area (Å²) in [6, 6.07) is 22.6. The van der Waals surface area contributed by atoms with E-state index in [1.54, 1.807) is 11.1 Å². The Morgan fingerprint density at radius 3 is 2.21 bits per heavy atom. The van der Waals surface area contributed by atoms with E-state index in [1.165, 1.54) is 59.6 Å². The van der Waals surface area contributed by atoms with Gasteiger partial charge in [0.1, 0.15) is 11.2 Å². The highest BCUT2D eigenvalue weighted by atomic mass is 16.3. The second-order valence-electron chi connectivity index (χ2n) is 10.2. The molecular formula is C28H24O. The SMILES string of the molecule is c1ccc2c(c1)-c1ccc3c(oc4ccccc43)c1C21C2CC3CC(C2)CC1C3. The molecule has 0 unspecified atom stereocenters.